The molecule has 1 N–H and O–H groups in total. The first-order chi connectivity index (χ1) is 13.0. The lowest BCUT2D eigenvalue weighted by molar-refractivity contribution is 0.479. The molecule has 0 radical (unpaired) electrons. The van der Waals surface area contributed by atoms with E-state index in [9.17, 15) is 5.11 Å². The normalized spacial score (nSPS) is 10.9. The van der Waals surface area contributed by atoms with Gasteiger partial charge in [-0.1, -0.05) is 77.9 Å². The molecule has 0 fully saturated rings. The van der Waals surface area contributed by atoms with Crippen molar-refractivity contribution in [1.29, 1.82) is 0 Å². The molecule has 3 aromatic carbocycles. The third kappa shape index (κ3) is 3.13. The van der Waals surface area contributed by atoms with Crippen LogP contribution in [0.5, 0.6) is 5.75 Å². The SMILES string of the molecule is Cc1ccc(-c2nn(-c3ccccc3C)c(-c3ccc(C)cc3)c2O)cc1. The van der Waals surface area contributed by atoms with E-state index in [2.05, 4.69) is 32.0 Å². The van der Waals surface area contributed by atoms with Crippen LogP contribution < -0.4 is 0 Å². The standard InChI is InChI=1S/C24H22N2O/c1-16-8-12-19(13-9-16)22-24(27)23(20-14-10-17(2)11-15-20)26(25-22)21-7-5-4-6-18(21)3/h4-15,27H,1-3H3. The molecular weight excluding hydrogens is 332 g/mol. The molecule has 3 heteroatoms. The molecule has 0 saturated heterocycles. The van der Waals surface area contributed by atoms with E-state index in [4.69, 9.17) is 5.10 Å². The quantitative estimate of drug-likeness (QED) is 0.502. The third-order valence-electron chi connectivity index (χ3n) is 4.85. The molecular formula is C24H22N2O. The van der Waals surface area contributed by atoms with E-state index in [1.165, 1.54) is 11.1 Å². The number of para-hydroxylation sites is 1. The molecule has 0 saturated carbocycles. The Morgan fingerprint density at radius 3 is 1.85 bits per heavy atom. The van der Waals surface area contributed by atoms with Crippen molar-refractivity contribution in [2.45, 2.75) is 20.8 Å². The number of aryl methyl sites for hydroxylation is 3. The van der Waals surface area contributed by atoms with Gasteiger partial charge in [0.1, 0.15) is 11.4 Å². The molecule has 134 valence electrons. The summed E-state index contributed by atoms with van der Waals surface area (Å²) in [4.78, 5) is 0. The first-order valence-electron chi connectivity index (χ1n) is 9.06. The Morgan fingerprint density at radius 2 is 1.26 bits per heavy atom. The van der Waals surface area contributed by atoms with Gasteiger partial charge in [0, 0.05) is 11.1 Å². The highest BCUT2D eigenvalue weighted by Gasteiger charge is 2.21. The molecule has 27 heavy (non-hydrogen) atoms. The Balaban J connectivity index is 1.99. The summed E-state index contributed by atoms with van der Waals surface area (Å²) in [6.07, 6.45) is 0. The van der Waals surface area contributed by atoms with Crippen LogP contribution in [0.4, 0.5) is 0 Å². The van der Waals surface area contributed by atoms with Crippen molar-refractivity contribution in [2.24, 2.45) is 0 Å². The smallest absolute Gasteiger partial charge is 0.170 e. The van der Waals surface area contributed by atoms with Crippen LogP contribution in [0.25, 0.3) is 28.2 Å². The van der Waals surface area contributed by atoms with E-state index < -0.39 is 0 Å². The Labute approximate surface area is 159 Å². The van der Waals surface area contributed by atoms with Crippen LogP contribution >= 0.6 is 0 Å². The van der Waals surface area contributed by atoms with Gasteiger partial charge < -0.3 is 5.11 Å². The van der Waals surface area contributed by atoms with Gasteiger partial charge in [0.2, 0.25) is 0 Å². The average molecular weight is 354 g/mol. The van der Waals surface area contributed by atoms with Gasteiger partial charge >= 0.3 is 0 Å². The maximum atomic E-state index is 11.1. The Morgan fingerprint density at radius 1 is 0.704 bits per heavy atom. The van der Waals surface area contributed by atoms with Crippen molar-refractivity contribution >= 4 is 0 Å². The minimum absolute atomic E-state index is 0.200. The van der Waals surface area contributed by atoms with E-state index >= 15 is 0 Å². The number of aromatic nitrogens is 2. The van der Waals surface area contributed by atoms with Gasteiger partial charge in [-0.05, 0) is 32.4 Å². The summed E-state index contributed by atoms with van der Waals surface area (Å²) in [5.74, 6) is 0.200. The van der Waals surface area contributed by atoms with Crippen LogP contribution in [-0.4, -0.2) is 14.9 Å². The topological polar surface area (TPSA) is 38.0 Å². The fraction of sp³-hybridized carbons (Fsp3) is 0.125. The highest BCUT2D eigenvalue weighted by molar-refractivity contribution is 5.79. The first kappa shape index (κ1) is 17.1. The molecule has 4 aromatic rings. The predicted octanol–water partition coefficient (Wildman–Crippen LogP) is 5.84. The van der Waals surface area contributed by atoms with Gasteiger partial charge in [0.05, 0.1) is 5.69 Å². The zero-order valence-electron chi connectivity index (χ0n) is 15.8. The highest BCUT2D eigenvalue weighted by Crippen LogP contribution is 2.40. The number of benzene rings is 3. The molecule has 3 nitrogen and oxygen atoms in total. The second kappa shape index (κ2) is 6.76. The molecule has 0 aliphatic rings. The van der Waals surface area contributed by atoms with Crippen LogP contribution in [0.2, 0.25) is 0 Å². The Bertz CT molecular complexity index is 1090. The van der Waals surface area contributed by atoms with Crippen LogP contribution in [0, 0.1) is 20.8 Å². The van der Waals surface area contributed by atoms with E-state index in [1.54, 1.807) is 0 Å². The van der Waals surface area contributed by atoms with Crippen molar-refractivity contribution in [2.75, 3.05) is 0 Å². The molecule has 0 aliphatic carbocycles. The van der Waals surface area contributed by atoms with Gasteiger partial charge in [-0.25, -0.2) is 4.68 Å². The zero-order valence-corrected chi connectivity index (χ0v) is 15.8. The lowest BCUT2D eigenvalue weighted by Crippen LogP contribution is -2.01. The summed E-state index contributed by atoms with van der Waals surface area (Å²) in [7, 11) is 0. The lowest BCUT2D eigenvalue weighted by atomic mass is 10.1. The molecule has 0 spiro atoms. The molecule has 0 aliphatic heterocycles. The molecule has 0 amide bonds. The average Bonchev–Trinajstić information content (AvgIpc) is 3.00. The first-order valence-corrected chi connectivity index (χ1v) is 9.06. The summed E-state index contributed by atoms with van der Waals surface area (Å²) < 4.78 is 1.85. The predicted molar refractivity (Wildman–Crippen MR) is 110 cm³/mol. The van der Waals surface area contributed by atoms with Crippen LogP contribution in [-0.2, 0) is 0 Å². The molecule has 0 atom stereocenters. The summed E-state index contributed by atoms with van der Waals surface area (Å²) >= 11 is 0. The number of aromatic hydroxyl groups is 1. The Hall–Kier alpha value is -3.33. The van der Waals surface area contributed by atoms with Crippen LogP contribution in [0.15, 0.2) is 72.8 Å². The molecule has 0 bridgehead atoms. The van der Waals surface area contributed by atoms with E-state index in [-0.39, 0.29) is 5.75 Å². The minimum Gasteiger partial charge on any atom is -0.504 e. The number of hydrogen-bond acceptors (Lipinski definition) is 2. The second-order valence-electron chi connectivity index (χ2n) is 6.98. The number of rotatable bonds is 3. The van der Waals surface area contributed by atoms with Gasteiger partial charge in [-0.2, -0.15) is 5.10 Å². The van der Waals surface area contributed by atoms with Crippen molar-refractivity contribution in [1.82, 2.24) is 9.78 Å². The fourth-order valence-electron chi connectivity index (χ4n) is 3.26. The third-order valence-corrected chi connectivity index (χ3v) is 4.85. The second-order valence-corrected chi connectivity index (χ2v) is 6.98. The maximum absolute atomic E-state index is 11.1. The highest BCUT2D eigenvalue weighted by atomic mass is 16.3. The number of hydrogen-bond donors (Lipinski definition) is 1. The van der Waals surface area contributed by atoms with Gasteiger partial charge in [0.15, 0.2) is 5.75 Å². The molecule has 1 aromatic heterocycles. The number of nitrogens with zero attached hydrogens (tertiary/aromatic N) is 2. The van der Waals surface area contributed by atoms with E-state index in [0.29, 0.717) is 11.4 Å². The van der Waals surface area contributed by atoms with Gasteiger partial charge in [-0.15, -0.1) is 0 Å². The Kier molecular flexibility index (Phi) is 4.28. The van der Waals surface area contributed by atoms with Gasteiger partial charge in [0.25, 0.3) is 0 Å². The summed E-state index contributed by atoms with van der Waals surface area (Å²) in [5, 5.41) is 15.9. The summed E-state index contributed by atoms with van der Waals surface area (Å²) in [6, 6.07) is 24.3. The monoisotopic (exact) mass is 354 g/mol. The van der Waals surface area contributed by atoms with Crippen LogP contribution in [0.1, 0.15) is 16.7 Å². The van der Waals surface area contributed by atoms with Crippen molar-refractivity contribution in [3.05, 3.63) is 89.5 Å². The van der Waals surface area contributed by atoms with Crippen molar-refractivity contribution in [3.63, 3.8) is 0 Å². The van der Waals surface area contributed by atoms with Crippen molar-refractivity contribution < 1.29 is 5.11 Å². The largest absolute Gasteiger partial charge is 0.504 e. The van der Waals surface area contributed by atoms with Crippen LogP contribution in [0.3, 0.4) is 0 Å². The summed E-state index contributed by atoms with van der Waals surface area (Å²) in [6.45, 7) is 6.16. The fourth-order valence-corrected chi connectivity index (χ4v) is 3.26. The molecule has 4 rings (SSSR count). The minimum atomic E-state index is 0.200. The van der Waals surface area contributed by atoms with E-state index in [1.807, 2.05) is 66.2 Å². The van der Waals surface area contributed by atoms with Gasteiger partial charge in [-0.3, -0.25) is 0 Å². The maximum Gasteiger partial charge on any atom is 0.170 e. The summed E-state index contributed by atoms with van der Waals surface area (Å²) in [5.41, 5.74) is 7.56. The molecule has 0 unspecified atom stereocenters. The van der Waals surface area contributed by atoms with E-state index in [0.717, 1.165) is 22.4 Å². The zero-order chi connectivity index (χ0) is 19.0. The molecule has 1 heterocycles. The van der Waals surface area contributed by atoms with Crippen molar-refractivity contribution in [3.8, 4) is 34.0 Å². The lowest BCUT2D eigenvalue weighted by Gasteiger charge is -2.10.